The maximum absolute atomic E-state index is 5.33. The first-order valence-electron chi connectivity index (χ1n) is 17.3. The highest BCUT2D eigenvalue weighted by molar-refractivity contribution is 6.26. The van der Waals surface area contributed by atoms with Crippen molar-refractivity contribution in [1.29, 1.82) is 0 Å². The molecule has 7 heteroatoms. The maximum Gasteiger partial charge on any atom is 0.237 e. The van der Waals surface area contributed by atoms with Gasteiger partial charge in [0, 0.05) is 28.7 Å². The molecule has 12 rings (SSSR count). The fraction of sp³-hybridized carbons (Fsp3) is 0. The van der Waals surface area contributed by atoms with Crippen molar-refractivity contribution in [1.82, 2.24) is 33.9 Å². The standard InChI is InChI=1S/C45H25N7/c1-2-13-29-27(11-1)28-12-3-4-14-30(28)34-23-26(21-22-33(29)34)43-46-24-35-31-15-5-6-16-32(31)36-25-47-44(50-42(36)41(35)49-43)52-40-20-10-9-19-39(40)51-38-18-8-7-17-37(38)48-45(51)52/h1-25H. The second-order valence-corrected chi connectivity index (χ2v) is 13.3. The van der Waals surface area contributed by atoms with Gasteiger partial charge in [-0.15, -0.1) is 0 Å². The average molecular weight is 664 g/mol. The van der Waals surface area contributed by atoms with E-state index in [0.29, 0.717) is 11.8 Å². The van der Waals surface area contributed by atoms with Crippen molar-refractivity contribution in [2.24, 2.45) is 0 Å². The third-order valence-electron chi connectivity index (χ3n) is 10.6. The zero-order valence-electron chi connectivity index (χ0n) is 27.6. The van der Waals surface area contributed by atoms with Gasteiger partial charge < -0.3 is 0 Å². The summed E-state index contributed by atoms with van der Waals surface area (Å²) in [6.07, 6.45) is 3.89. The van der Waals surface area contributed by atoms with Gasteiger partial charge in [-0.05, 0) is 73.4 Å². The molecule has 0 fully saturated rings. The van der Waals surface area contributed by atoms with Crippen molar-refractivity contribution >= 4 is 92.7 Å². The Kier molecular flexibility index (Phi) is 5.38. The van der Waals surface area contributed by atoms with E-state index in [1.807, 2.05) is 36.7 Å². The van der Waals surface area contributed by atoms with Crippen molar-refractivity contribution < 1.29 is 0 Å². The van der Waals surface area contributed by atoms with Crippen molar-refractivity contribution in [2.75, 3.05) is 0 Å². The molecular formula is C45H25N7. The van der Waals surface area contributed by atoms with Crippen LogP contribution >= 0.6 is 0 Å². The van der Waals surface area contributed by atoms with Gasteiger partial charge in [-0.1, -0.05) is 109 Å². The van der Waals surface area contributed by atoms with Crippen LogP contribution in [0, 0.1) is 0 Å². The lowest BCUT2D eigenvalue weighted by Gasteiger charge is -2.13. The molecule has 12 aromatic rings. The normalized spacial score (nSPS) is 12.2. The summed E-state index contributed by atoms with van der Waals surface area (Å²) >= 11 is 0. The Hall–Kier alpha value is -7.25. The number of fused-ring (bicyclic) bond motifs is 17. The molecule has 0 N–H and O–H groups in total. The van der Waals surface area contributed by atoms with E-state index >= 15 is 0 Å². The molecule has 7 nitrogen and oxygen atoms in total. The van der Waals surface area contributed by atoms with E-state index in [2.05, 4.69) is 124 Å². The number of hydrogen-bond donors (Lipinski definition) is 0. The van der Waals surface area contributed by atoms with Crippen LogP contribution < -0.4 is 0 Å². The second-order valence-electron chi connectivity index (χ2n) is 13.3. The topological polar surface area (TPSA) is 73.8 Å². The molecule has 0 unspecified atom stereocenters. The lowest BCUT2D eigenvalue weighted by Crippen LogP contribution is -2.03. The third-order valence-corrected chi connectivity index (χ3v) is 10.6. The molecule has 0 amide bonds. The Balaban J connectivity index is 1.14. The first kappa shape index (κ1) is 27.6. The van der Waals surface area contributed by atoms with Crippen LogP contribution in [-0.4, -0.2) is 33.9 Å². The van der Waals surface area contributed by atoms with Crippen LogP contribution in [0.2, 0.25) is 0 Å². The molecule has 8 aromatic carbocycles. The summed E-state index contributed by atoms with van der Waals surface area (Å²) in [7, 11) is 0. The van der Waals surface area contributed by atoms with Gasteiger partial charge in [-0.2, -0.15) is 0 Å². The molecule has 0 bridgehead atoms. The Morgan fingerprint density at radius 2 is 0.904 bits per heavy atom. The molecule has 52 heavy (non-hydrogen) atoms. The van der Waals surface area contributed by atoms with E-state index in [0.717, 1.165) is 66.0 Å². The zero-order chi connectivity index (χ0) is 33.9. The summed E-state index contributed by atoms with van der Waals surface area (Å²) in [5, 5.41) is 11.3. The molecule has 0 saturated carbocycles. The van der Waals surface area contributed by atoms with Gasteiger partial charge in [0.25, 0.3) is 0 Å². The largest absolute Gasteiger partial charge is 0.276 e. The average Bonchev–Trinajstić information content (AvgIpc) is 3.75. The summed E-state index contributed by atoms with van der Waals surface area (Å²) in [5.74, 6) is 1.95. The van der Waals surface area contributed by atoms with Gasteiger partial charge >= 0.3 is 0 Å². The SMILES string of the molecule is c1ccc2c(c1)nc1n(-c3ncc4c5ccccc5c5cnc(-c6ccc7c8ccccc8c8ccccc8c7c6)nc5c4n3)c3ccccc3n21. The number of benzene rings is 8. The van der Waals surface area contributed by atoms with Crippen LogP contribution in [-0.2, 0) is 0 Å². The number of imidazole rings is 2. The Morgan fingerprint density at radius 1 is 0.385 bits per heavy atom. The van der Waals surface area contributed by atoms with Gasteiger partial charge in [0.1, 0.15) is 11.0 Å². The molecule has 0 saturated heterocycles. The van der Waals surface area contributed by atoms with E-state index in [1.165, 1.54) is 32.3 Å². The minimum atomic E-state index is 0.537. The Labute approximate surface area is 295 Å². The highest BCUT2D eigenvalue weighted by Gasteiger charge is 2.21. The summed E-state index contributed by atoms with van der Waals surface area (Å²) < 4.78 is 4.24. The second kappa shape index (κ2) is 10.2. The van der Waals surface area contributed by atoms with Crippen LogP contribution in [0.25, 0.3) is 110 Å². The summed E-state index contributed by atoms with van der Waals surface area (Å²) in [5.41, 5.74) is 6.48. The smallest absolute Gasteiger partial charge is 0.237 e. The fourth-order valence-corrected chi connectivity index (χ4v) is 8.30. The lowest BCUT2D eigenvalue weighted by atomic mass is 9.93. The van der Waals surface area contributed by atoms with Crippen LogP contribution in [0.1, 0.15) is 0 Å². The Bertz CT molecular complexity index is 3450. The van der Waals surface area contributed by atoms with E-state index in [-0.39, 0.29) is 0 Å². The highest BCUT2D eigenvalue weighted by Crippen LogP contribution is 2.38. The molecule has 0 aliphatic rings. The number of hydrogen-bond acceptors (Lipinski definition) is 5. The van der Waals surface area contributed by atoms with Crippen molar-refractivity contribution in [3.63, 3.8) is 0 Å². The first-order chi connectivity index (χ1) is 25.8. The first-order valence-corrected chi connectivity index (χ1v) is 17.3. The number of nitrogens with zero attached hydrogens (tertiary/aromatic N) is 7. The molecule has 0 aliphatic heterocycles. The van der Waals surface area contributed by atoms with Crippen LogP contribution in [0.5, 0.6) is 0 Å². The number of para-hydroxylation sites is 4. The highest BCUT2D eigenvalue weighted by atomic mass is 15.3. The van der Waals surface area contributed by atoms with E-state index in [1.54, 1.807) is 0 Å². The minimum Gasteiger partial charge on any atom is -0.276 e. The van der Waals surface area contributed by atoms with Gasteiger partial charge in [-0.3, -0.25) is 4.40 Å². The van der Waals surface area contributed by atoms with Gasteiger partial charge in [-0.25, -0.2) is 29.5 Å². The molecule has 0 aliphatic carbocycles. The quantitative estimate of drug-likeness (QED) is 0.172. The lowest BCUT2D eigenvalue weighted by molar-refractivity contribution is 0.985. The van der Waals surface area contributed by atoms with Crippen LogP contribution in [0.4, 0.5) is 0 Å². The van der Waals surface area contributed by atoms with E-state index in [9.17, 15) is 0 Å². The molecule has 0 radical (unpaired) electrons. The van der Waals surface area contributed by atoms with E-state index < -0.39 is 0 Å². The predicted molar refractivity (Wildman–Crippen MR) is 211 cm³/mol. The summed E-state index contributed by atoms with van der Waals surface area (Å²) in [4.78, 5) is 25.7. The van der Waals surface area contributed by atoms with E-state index in [4.69, 9.17) is 24.9 Å². The van der Waals surface area contributed by atoms with Gasteiger partial charge in [0.15, 0.2) is 5.82 Å². The molecule has 0 spiro atoms. The zero-order valence-corrected chi connectivity index (χ0v) is 27.6. The van der Waals surface area contributed by atoms with Crippen molar-refractivity contribution in [3.8, 4) is 17.3 Å². The molecule has 4 heterocycles. The monoisotopic (exact) mass is 663 g/mol. The molecular weight excluding hydrogens is 639 g/mol. The third kappa shape index (κ3) is 3.66. The summed E-state index contributed by atoms with van der Waals surface area (Å²) in [6, 6.07) is 48.7. The number of aromatic nitrogens is 7. The minimum absolute atomic E-state index is 0.537. The van der Waals surface area contributed by atoms with Crippen LogP contribution in [0.15, 0.2) is 152 Å². The fourth-order valence-electron chi connectivity index (χ4n) is 8.30. The predicted octanol–water partition coefficient (Wildman–Crippen LogP) is 10.6. The Morgan fingerprint density at radius 3 is 1.60 bits per heavy atom. The van der Waals surface area contributed by atoms with Gasteiger partial charge in [0.2, 0.25) is 11.7 Å². The molecule has 240 valence electrons. The van der Waals surface area contributed by atoms with Crippen LogP contribution in [0.3, 0.4) is 0 Å². The van der Waals surface area contributed by atoms with Gasteiger partial charge in [0.05, 0.1) is 22.1 Å². The van der Waals surface area contributed by atoms with Crippen molar-refractivity contribution in [2.45, 2.75) is 0 Å². The maximum atomic E-state index is 5.33. The molecule has 0 atom stereocenters. The summed E-state index contributed by atoms with van der Waals surface area (Å²) in [6.45, 7) is 0. The molecule has 4 aromatic heterocycles. The number of rotatable bonds is 2. The van der Waals surface area contributed by atoms with Crippen molar-refractivity contribution in [3.05, 3.63) is 152 Å².